The molecule has 0 aliphatic carbocycles. The lowest BCUT2D eigenvalue weighted by atomic mass is 10.2. The number of fused-ring (bicyclic) bond motifs is 1. The van der Waals surface area contributed by atoms with Crippen LogP contribution in [0, 0.1) is 0 Å². The fourth-order valence-electron chi connectivity index (χ4n) is 2.78. The minimum atomic E-state index is -0.612. The highest BCUT2D eigenvalue weighted by Gasteiger charge is 2.32. The standard InChI is InChI=1S/C12H20N4O2S/c13-10(19)7-14-11(17)12(18)16-6-2-5-15-4-1-3-9(15)8-16/h9H,1-8H2,(H2,13,19)(H,14,17). The molecular weight excluding hydrogens is 264 g/mol. The Bertz CT molecular complexity index is 388. The first kappa shape index (κ1) is 14.2. The summed E-state index contributed by atoms with van der Waals surface area (Å²) in [6.45, 7) is 3.50. The third-order valence-electron chi connectivity index (χ3n) is 3.71. The Labute approximate surface area is 118 Å². The van der Waals surface area contributed by atoms with Crippen LogP contribution in [0.1, 0.15) is 19.3 Å². The van der Waals surface area contributed by atoms with Gasteiger partial charge in [0.25, 0.3) is 0 Å². The van der Waals surface area contributed by atoms with Crippen molar-refractivity contribution in [3.05, 3.63) is 0 Å². The first-order valence-corrected chi connectivity index (χ1v) is 7.08. The monoisotopic (exact) mass is 284 g/mol. The second-order valence-corrected chi connectivity index (χ2v) is 5.61. The predicted molar refractivity (Wildman–Crippen MR) is 75.6 cm³/mol. The van der Waals surface area contributed by atoms with Gasteiger partial charge < -0.3 is 16.0 Å². The van der Waals surface area contributed by atoms with Crippen LogP contribution in [-0.2, 0) is 9.59 Å². The molecule has 6 nitrogen and oxygen atoms in total. The molecule has 0 aromatic carbocycles. The number of amides is 2. The van der Waals surface area contributed by atoms with E-state index in [-0.39, 0.29) is 11.5 Å². The minimum absolute atomic E-state index is 0.0727. The molecule has 3 N–H and O–H groups in total. The van der Waals surface area contributed by atoms with E-state index in [4.69, 9.17) is 5.73 Å². The number of nitrogens with zero attached hydrogens (tertiary/aromatic N) is 2. The van der Waals surface area contributed by atoms with Gasteiger partial charge in [0, 0.05) is 25.7 Å². The van der Waals surface area contributed by atoms with Crippen molar-refractivity contribution in [1.82, 2.24) is 15.1 Å². The van der Waals surface area contributed by atoms with E-state index >= 15 is 0 Å². The van der Waals surface area contributed by atoms with Crippen LogP contribution in [0.4, 0.5) is 0 Å². The number of hydrogen-bond acceptors (Lipinski definition) is 4. The SMILES string of the molecule is NC(=S)CNC(=O)C(=O)N1CCCN2CCCC2C1. The Morgan fingerprint density at radius 3 is 2.74 bits per heavy atom. The highest BCUT2D eigenvalue weighted by atomic mass is 32.1. The van der Waals surface area contributed by atoms with E-state index in [1.165, 1.54) is 6.42 Å². The quantitative estimate of drug-likeness (QED) is 0.507. The van der Waals surface area contributed by atoms with Crippen molar-refractivity contribution in [2.75, 3.05) is 32.7 Å². The van der Waals surface area contributed by atoms with E-state index in [2.05, 4.69) is 22.4 Å². The molecule has 1 atom stereocenters. The van der Waals surface area contributed by atoms with Crippen molar-refractivity contribution in [2.24, 2.45) is 5.73 Å². The fourth-order valence-corrected chi connectivity index (χ4v) is 2.85. The van der Waals surface area contributed by atoms with Gasteiger partial charge in [0.05, 0.1) is 11.5 Å². The van der Waals surface area contributed by atoms with Gasteiger partial charge in [-0.2, -0.15) is 0 Å². The lowest BCUT2D eigenvalue weighted by molar-refractivity contribution is -0.145. The summed E-state index contributed by atoms with van der Waals surface area (Å²) >= 11 is 4.67. The van der Waals surface area contributed by atoms with Crippen LogP contribution in [0.15, 0.2) is 0 Å². The summed E-state index contributed by atoms with van der Waals surface area (Å²) in [5, 5.41) is 2.45. The molecule has 2 fully saturated rings. The number of nitrogens with two attached hydrogens (primary N) is 1. The summed E-state index contributed by atoms with van der Waals surface area (Å²) in [7, 11) is 0. The molecule has 7 heteroatoms. The van der Waals surface area contributed by atoms with Gasteiger partial charge in [-0.1, -0.05) is 12.2 Å². The molecule has 2 aliphatic heterocycles. The molecule has 106 valence electrons. The van der Waals surface area contributed by atoms with Crippen LogP contribution in [0.2, 0.25) is 0 Å². The maximum absolute atomic E-state index is 12.1. The first-order valence-electron chi connectivity index (χ1n) is 6.67. The molecule has 2 saturated heterocycles. The van der Waals surface area contributed by atoms with E-state index in [0.29, 0.717) is 19.1 Å². The molecule has 0 spiro atoms. The molecule has 2 aliphatic rings. The Morgan fingerprint density at radius 1 is 1.26 bits per heavy atom. The molecule has 0 radical (unpaired) electrons. The van der Waals surface area contributed by atoms with E-state index in [1.54, 1.807) is 4.90 Å². The van der Waals surface area contributed by atoms with Gasteiger partial charge >= 0.3 is 11.8 Å². The van der Waals surface area contributed by atoms with Crippen molar-refractivity contribution in [2.45, 2.75) is 25.3 Å². The molecule has 0 saturated carbocycles. The van der Waals surface area contributed by atoms with Crippen LogP contribution in [-0.4, -0.2) is 65.4 Å². The van der Waals surface area contributed by atoms with E-state index < -0.39 is 11.8 Å². The minimum Gasteiger partial charge on any atom is -0.392 e. The topological polar surface area (TPSA) is 78.7 Å². The molecule has 0 aromatic heterocycles. The fraction of sp³-hybridized carbons (Fsp3) is 0.750. The van der Waals surface area contributed by atoms with Gasteiger partial charge in [0.1, 0.15) is 0 Å². The summed E-state index contributed by atoms with van der Waals surface area (Å²) in [5.41, 5.74) is 5.30. The molecule has 1 unspecified atom stereocenters. The normalized spacial score (nSPS) is 23.6. The summed E-state index contributed by atoms with van der Waals surface area (Å²) in [5.74, 6) is -1.08. The lowest BCUT2D eigenvalue weighted by Crippen LogP contribution is -2.47. The van der Waals surface area contributed by atoms with Crippen LogP contribution >= 0.6 is 12.2 Å². The van der Waals surface area contributed by atoms with Crippen molar-refractivity contribution < 1.29 is 9.59 Å². The number of rotatable bonds is 2. The van der Waals surface area contributed by atoms with Gasteiger partial charge in [-0.15, -0.1) is 0 Å². The molecule has 2 rings (SSSR count). The molecule has 19 heavy (non-hydrogen) atoms. The van der Waals surface area contributed by atoms with Gasteiger partial charge in [0.2, 0.25) is 0 Å². The Balaban J connectivity index is 1.90. The van der Waals surface area contributed by atoms with Crippen LogP contribution < -0.4 is 11.1 Å². The van der Waals surface area contributed by atoms with Crippen LogP contribution in [0.25, 0.3) is 0 Å². The number of hydrogen-bond donors (Lipinski definition) is 2. The molecule has 2 heterocycles. The van der Waals surface area contributed by atoms with E-state index in [9.17, 15) is 9.59 Å². The average Bonchev–Trinajstić information content (AvgIpc) is 2.72. The number of nitrogens with one attached hydrogen (secondary N) is 1. The number of thiocarbonyl (C=S) groups is 1. The number of carbonyl (C=O) groups is 2. The summed E-state index contributed by atoms with van der Waals surface area (Å²) in [4.78, 5) is 28.0. The van der Waals surface area contributed by atoms with E-state index in [1.807, 2.05) is 0 Å². The van der Waals surface area contributed by atoms with Gasteiger partial charge in [-0.05, 0) is 25.8 Å². The Morgan fingerprint density at radius 2 is 2.00 bits per heavy atom. The smallest absolute Gasteiger partial charge is 0.311 e. The lowest BCUT2D eigenvalue weighted by Gasteiger charge is -2.25. The van der Waals surface area contributed by atoms with Crippen LogP contribution in [0.3, 0.4) is 0 Å². The summed E-state index contributed by atoms with van der Waals surface area (Å²) in [6.07, 6.45) is 3.21. The van der Waals surface area contributed by atoms with Gasteiger partial charge in [0.15, 0.2) is 0 Å². The average molecular weight is 284 g/mol. The maximum atomic E-state index is 12.1. The van der Waals surface area contributed by atoms with Gasteiger partial charge in [-0.25, -0.2) is 0 Å². The molecular formula is C12H20N4O2S. The molecule has 0 aromatic rings. The zero-order chi connectivity index (χ0) is 13.8. The van der Waals surface area contributed by atoms with Gasteiger partial charge in [-0.3, -0.25) is 14.5 Å². The Kier molecular flexibility index (Phi) is 4.71. The predicted octanol–water partition coefficient (Wildman–Crippen LogP) is -0.915. The maximum Gasteiger partial charge on any atom is 0.311 e. The van der Waals surface area contributed by atoms with Crippen molar-refractivity contribution in [1.29, 1.82) is 0 Å². The Hall–Kier alpha value is -1.21. The summed E-state index contributed by atoms with van der Waals surface area (Å²) < 4.78 is 0. The van der Waals surface area contributed by atoms with Crippen molar-refractivity contribution in [3.8, 4) is 0 Å². The zero-order valence-corrected chi connectivity index (χ0v) is 11.7. The third kappa shape index (κ3) is 3.63. The molecule has 2 amide bonds. The second-order valence-electron chi connectivity index (χ2n) is 5.09. The van der Waals surface area contributed by atoms with Crippen molar-refractivity contribution in [3.63, 3.8) is 0 Å². The first-order chi connectivity index (χ1) is 9.08. The second kappa shape index (κ2) is 6.29. The highest BCUT2D eigenvalue weighted by Crippen LogP contribution is 2.21. The largest absolute Gasteiger partial charge is 0.392 e. The van der Waals surface area contributed by atoms with Crippen LogP contribution in [0.5, 0.6) is 0 Å². The highest BCUT2D eigenvalue weighted by molar-refractivity contribution is 7.80. The van der Waals surface area contributed by atoms with E-state index in [0.717, 1.165) is 25.9 Å². The zero-order valence-electron chi connectivity index (χ0n) is 10.9. The third-order valence-corrected chi connectivity index (χ3v) is 3.85. The molecule has 0 bridgehead atoms. The number of carbonyl (C=O) groups excluding carboxylic acids is 2. The summed E-state index contributed by atoms with van der Waals surface area (Å²) in [6, 6.07) is 0.412. The van der Waals surface area contributed by atoms with Crippen molar-refractivity contribution >= 4 is 29.0 Å².